The second-order valence-corrected chi connectivity index (χ2v) is 19.6. The number of hydrogen-bond donors (Lipinski definition) is 3. The summed E-state index contributed by atoms with van der Waals surface area (Å²) in [7, 11) is 4.51. The van der Waals surface area contributed by atoms with Gasteiger partial charge >= 0.3 is 11.8 Å². The number of amides is 1. The number of cyclic esters (lactones) is 1. The molecule has 2 saturated heterocycles. The Morgan fingerprint density at radius 2 is 1.55 bits per heavy atom. The summed E-state index contributed by atoms with van der Waals surface area (Å²) in [4.78, 5) is 72.1. The SMILES string of the molecule is CO[C@H]1C[C@@H]2CC[C@@H](C)C(=O)[C@@](O)(O2)C(=O)N2CCCC[C@H]2C(=O)O[C@H]([C@H](C)C[C@@H]2CC[C@@H](O)[C@H](OC)C2)CC(=O)[C@H](C)/C=C(\C)[C@@H](O)[C@@H](OC)C(=O)[C@H](C)C[C@H](C)/C=C/C=C/C=C/1C. The predicted octanol–water partition coefficient (Wildman–Crippen LogP) is 6.18. The molecule has 14 nitrogen and oxygen atoms in total. The Labute approximate surface area is 387 Å². The molecule has 2 bridgehead atoms. The fourth-order valence-corrected chi connectivity index (χ4v) is 10.1. The molecular weight excluding hydrogens is 835 g/mol. The van der Waals surface area contributed by atoms with Crippen molar-refractivity contribution in [1.82, 2.24) is 4.90 Å². The number of Topliss-reactive ketones (excluding diaryl/α,β-unsaturated/α-hetero) is 3. The van der Waals surface area contributed by atoms with Crippen LogP contribution in [0.4, 0.5) is 0 Å². The van der Waals surface area contributed by atoms with E-state index in [0.29, 0.717) is 56.9 Å². The van der Waals surface area contributed by atoms with Crippen LogP contribution in [0.3, 0.4) is 0 Å². The molecule has 15 atom stereocenters. The fourth-order valence-electron chi connectivity index (χ4n) is 10.1. The van der Waals surface area contributed by atoms with Gasteiger partial charge in [0.25, 0.3) is 5.91 Å². The number of carbonyl (C=O) groups is 5. The molecular formula is C51H79NO13. The Morgan fingerprint density at radius 1 is 0.831 bits per heavy atom. The van der Waals surface area contributed by atoms with Crippen molar-refractivity contribution in [3.8, 4) is 0 Å². The standard InChI is InChI=1S/C51H79NO13/c1-30-16-12-11-13-17-31(2)42(61-8)28-38-21-19-32(3)48(57)51(60,65-38)50(59)52-23-15-14-18-39(52)49(58)64-43(34(5)26-37-20-22-40(53)44(27-37)62-9)29-41(54)33(4)25-36(7)46(56)47(63-10)45(55)35(6)24-30/h11-13,16-17,25,30,32-35,37-40,42-44,46-47,53,56,60H,14-15,18-24,26-29H2,1-10H3/b13-11+,16-12+,31-17+,36-25+/t30-,32-,33-,34-,35-,37+,38+,39+,40-,42+,43+,44-,46-,47+,51-/m1/s1. The van der Waals surface area contributed by atoms with Crippen molar-refractivity contribution in [2.45, 2.75) is 180 Å². The third-order valence-corrected chi connectivity index (χ3v) is 14.4. The summed E-state index contributed by atoms with van der Waals surface area (Å²) < 4.78 is 29.5. The van der Waals surface area contributed by atoms with Crippen LogP contribution in [0.1, 0.15) is 126 Å². The maximum Gasteiger partial charge on any atom is 0.329 e. The van der Waals surface area contributed by atoms with Crippen LogP contribution in [0.15, 0.2) is 47.6 Å². The number of ether oxygens (including phenoxy) is 5. The summed E-state index contributed by atoms with van der Waals surface area (Å²) in [6.07, 6.45) is 10.7. The van der Waals surface area contributed by atoms with E-state index in [2.05, 4.69) is 0 Å². The summed E-state index contributed by atoms with van der Waals surface area (Å²) >= 11 is 0. The van der Waals surface area contributed by atoms with Crippen LogP contribution < -0.4 is 0 Å². The smallest absolute Gasteiger partial charge is 0.329 e. The van der Waals surface area contributed by atoms with E-state index in [1.165, 1.54) is 12.0 Å². The normalized spacial score (nSPS) is 40.4. The second kappa shape index (κ2) is 25.1. The van der Waals surface area contributed by atoms with Gasteiger partial charge in [-0.3, -0.25) is 19.2 Å². The van der Waals surface area contributed by atoms with Gasteiger partial charge in [0.05, 0.1) is 24.4 Å². The zero-order valence-electron chi connectivity index (χ0n) is 40.6. The fraction of sp³-hybridized carbons (Fsp3) is 0.745. The third-order valence-electron chi connectivity index (χ3n) is 14.4. The van der Waals surface area contributed by atoms with Crippen LogP contribution in [0.2, 0.25) is 0 Å². The van der Waals surface area contributed by atoms with Crippen molar-refractivity contribution >= 4 is 29.2 Å². The van der Waals surface area contributed by atoms with Gasteiger partial charge < -0.3 is 43.9 Å². The zero-order valence-corrected chi connectivity index (χ0v) is 40.6. The zero-order chi connectivity index (χ0) is 48.2. The number of esters is 1. The highest BCUT2D eigenvalue weighted by molar-refractivity contribution is 6.09. The molecule has 1 amide bonds. The van der Waals surface area contributed by atoms with Crippen molar-refractivity contribution in [2.24, 2.45) is 35.5 Å². The van der Waals surface area contributed by atoms with Crippen LogP contribution in [-0.2, 0) is 47.7 Å². The lowest BCUT2D eigenvalue weighted by molar-refractivity contribution is -0.231. The second-order valence-electron chi connectivity index (χ2n) is 19.6. The Balaban J connectivity index is 1.74. The lowest BCUT2D eigenvalue weighted by atomic mass is 9.78. The summed E-state index contributed by atoms with van der Waals surface area (Å²) in [6.45, 7) is 12.7. The van der Waals surface area contributed by atoms with Crippen molar-refractivity contribution in [2.75, 3.05) is 27.9 Å². The molecule has 3 heterocycles. The molecule has 14 heteroatoms. The molecule has 4 rings (SSSR count). The molecule has 3 N–H and O–H groups in total. The first-order valence-electron chi connectivity index (χ1n) is 23.9. The molecule has 3 aliphatic heterocycles. The Hall–Kier alpha value is -3.37. The summed E-state index contributed by atoms with van der Waals surface area (Å²) in [5.74, 6) is -8.01. The van der Waals surface area contributed by atoms with Crippen molar-refractivity contribution in [1.29, 1.82) is 0 Å². The number of hydrogen-bond acceptors (Lipinski definition) is 13. The minimum atomic E-state index is -2.85. The number of piperidine rings is 1. The number of ketones is 3. The van der Waals surface area contributed by atoms with E-state index >= 15 is 0 Å². The minimum absolute atomic E-state index is 0.0147. The molecule has 366 valence electrons. The van der Waals surface area contributed by atoms with E-state index < -0.39 is 83.9 Å². The Bertz CT molecular complexity index is 1760. The Kier molecular flexibility index (Phi) is 21.0. The third kappa shape index (κ3) is 14.3. The predicted molar refractivity (Wildman–Crippen MR) is 245 cm³/mol. The van der Waals surface area contributed by atoms with Crippen LogP contribution >= 0.6 is 0 Å². The molecule has 4 aliphatic rings. The van der Waals surface area contributed by atoms with Gasteiger partial charge in [-0.25, -0.2) is 4.79 Å². The molecule has 1 aliphatic carbocycles. The van der Waals surface area contributed by atoms with Crippen molar-refractivity contribution in [3.63, 3.8) is 0 Å². The van der Waals surface area contributed by atoms with E-state index in [1.807, 2.05) is 58.1 Å². The first-order valence-corrected chi connectivity index (χ1v) is 23.9. The van der Waals surface area contributed by atoms with Crippen LogP contribution in [0.25, 0.3) is 0 Å². The van der Waals surface area contributed by atoms with Crippen LogP contribution in [-0.4, -0.2) is 132 Å². The Morgan fingerprint density at radius 3 is 2.23 bits per heavy atom. The number of fused-ring (bicyclic) bond motifs is 3. The molecule has 0 spiro atoms. The van der Waals surface area contributed by atoms with E-state index in [0.717, 1.165) is 12.0 Å². The van der Waals surface area contributed by atoms with Crippen molar-refractivity contribution in [3.05, 3.63) is 47.6 Å². The topological polar surface area (TPSA) is 195 Å². The van der Waals surface area contributed by atoms with E-state index in [4.69, 9.17) is 23.7 Å². The molecule has 0 radical (unpaired) electrons. The molecule has 1 saturated carbocycles. The number of allylic oxidation sites excluding steroid dienone is 6. The van der Waals surface area contributed by atoms with Gasteiger partial charge in [-0.2, -0.15) is 0 Å². The first kappa shape index (κ1) is 54.2. The van der Waals surface area contributed by atoms with E-state index in [9.17, 15) is 39.3 Å². The lowest BCUT2D eigenvalue weighted by Gasteiger charge is -2.40. The van der Waals surface area contributed by atoms with Gasteiger partial charge in [0.2, 0.25) is 5.78 Å². The van der Waals surface area contributed by atoms with E-state index in [-0.39, 0.29) is 61.2 Å². The molecule has 0 unspecified atom stereocenters. The molecule has 3 fully saturated rings. The summed E-state index contributed by atoms with van der Waals surface area (Å²) in [6, 6.07) is -1.16. The number of methoxy groups -OCH3 is 3. The molecule has 0 aromatic heterocycles. The largest absolute Gasteiger partial charge is 0.460 e. The summed E-state index contributed by atoms with van der Waals surface area (Å²) in [5.41, 5.74) is 1.24. The summed E-state index contributed by atoms with van der Waals surface area (Å²) in [5, 5.41) is 34.1. The highest BCUT2D eigenvalue weighted by atomic mass is 16.6. The highest BCUT2D eigenvalue weighted by Gasteiger charge is 2.55. The maximum atomic E-state index is 14.6. The van der Waals surface area contributed by atoms with Crippen LogP contribution in [0, 0.1) is 35.5 Å². The van der Waals surface area contributed by atoms with Crippen LogP contribution in [0.5, 0.6) is 0 Å². The van der Waals surface area contributed by atoms with Gasteiger partial charge in [-0.05, 0) is 107 Å². The van der Waals surface area contributed by atoms with Gasteiger partial charge in [-0.1, -0.05) is 71.1 Å². The number of aliphatic hydroxyl groups excluding tert-OH is 2. The molecule has 65 heavy (non-hydrogen) atoms. The average Bonchev–Trinajstić information content (AvgIpc) is 3.39. The van der Waals surface area contributed by atoms with Gasteiger partial charge in [0.1, 0.15) is 30.1 Å². The van der Waals surface area contributed by atoms with Gasteiger partial charge in [0.15, 0.2) is 5.78 Å². The number of nitrogens with zero attached hydrogens (tertiary/aromatic N) is 1. The molecule has 0 aromatic carbocycles. The monoisotopic (exact) mass is 914 g/mol. The lowest BCUT2D eigenvalue weighted by Crippen LogP contribution is -2.62. The van der Waals surface area contributed by atoms with Crippen molar-refractivity contribution < 1.29 is 63.0 Å². The first-order chi connectivity index (χ1) is 30.7. The van der Waals surface area contributed by atoms with Gasteiger partial charge in [-0.15, -0.1) is 0 Å². The highest BCUT2D eigenvalue weighted by Crippen LogP contribution is 2.36. The maximum absolute atomic E-state index is 14.6. The minimum Gasteiger partial charge on any atom is -0.460 e. The molecule has 0 aromatic rings. The number of rotatable bonds is 6. The average molecular weight is 914 g/mol. The quantitative estimate of drug-likeness (QED) is 0.156. The van der Waals surface area contributed by atoms with E-state index in [1.54, 1.807) is 41.1 Å². The van der Waals surface area contributed by atoms with Gasteiger partial charge in [0, 0.05) is 58.5 Å². The number of aliphatic hydroxyl groups is 3. The number of carbonyl (C=O) groups excluding carboxylic acids is 5.